The number of thiocarbonyl (C=S) groups is 1. The van der Waals surface area contributed by atoms with Gasteiger partial charge in [-0.05, 0) is 29.9 Å². The summed E-state index contributed by atoms with van der Waals surface area (Å²) < 4.78 is 0.614. The third-order valence-electron chi connectivity index (χ3n) is 2.88. The molecule has 1 aliphatic rings. The maximum Gasteiger partial charge on any atom is 0.265 e. The lowest BCUT2D eigenvalue weighted by atomic mass is 10.1. The van der Waals surface area contributed by atoms with Crippen LogP contribution in [-0.2, 0) is 9.59 Å². The van der Waals surface area contributed by atoms with Crippen molar-refractivity contribution in [3.63, 3.8) is 0 Å². The highest BCUT2D eigenvalue weighted by Crippen LogP contribution is 2.18. The molecule has 1 heterocycles. The highest BCUT2D eigenvalue weighted by Gasteiger charge is 2.32. The molecule has 1 saturated heterocycles. The Morgan fingerprint density at radius 2 is 2.00 bits per heavy atom. The van der Waals surface area contributed by atoms with Gasteiger partial charge >= 0.3 is 0 Å². The summed E-state index contributed by atoms with van der Waals surface area (Å²) in [7, 11) is 0. The first-order chi connectivity index (χ1) is 10.5. The standard InChI is InChI=1S/C16H13BrN2O2S/c1-2-8-19-15(21)13(14(20)18-16(19)22)10-12(17)9-11-6-4-3-5-7-11/h2-7,9-10H,1,8H2,(H,18,20,22)/b12-9-,13-10+. The second kappa shape index (κ2) is 7.29. The molecule has 0 unspecified atom stereocenters. The minimum Gasteiger partial charge on any atom is -0.298 e. The molecule has 2 amide bonds. The van der Waals surface area contributed by atoms with Gasteiger partial charge in [-0.2, -0.15) is 0 Å². The maximum absolute atomic E-state index is 12.3. The van der Waals surface area contributed by atoms with E-state index in [1.807, 2.05) is 36.4 Å². The average Bonchev–Trinajstić information content (AvgIpc) is 2.49. The van der Waals surface area contributed by atoms with Crippen LogP contribution in [0.4, 0.5) is 0 Å². The van der Waals surface area contributed by atoms with Crippen molar-refractivity contribution in [1.29, 1.82) is 0 Å². The van der Waals surface area contributed by atoms with E-state index in [4.69, 9.17) is 12.2 Å². The van der Waals surface area contributed by atoms with Crippen molar-refractivity contribution >= 4 is 51.2 Å². The second-order valence-corrected chi connectivity index (χ2v) is 5.76. The van der Waals surface area contributed by atoms with Crippen LogP contribution in [0.25, 0.3) is 6.08 Å². The van der Waals surface area contributed by atoms with Crippen LogP contribution in [0.1, 0.15) is 5.56 Å². The van der Waals surface area contributed by atoms with Crippen LogP contribution in [-0.4, -0.2) is 28.4 Å². The highest BCUT2D eigenvalue weighted by atomic mass is 79.9. The van der Waals surface area contributed by atoms with Crippen LogP contribution in [0, 0.1) is 0 Å². The van der Waals surface area contributed by atoms with Crippen molar-refractivity contribution in [2.45, 2.75) is 0 Å². The number of amides is 2. The van der Waals surface area contributed by atoms with Crippen molar-refractivity contribution < 1.29 is 9.59 Å². The maximum atomic E-state index is 12.3. The predicted molar refractivity (Wildman–Crippen MR) is 94.1 cm³/mol. The fourth-order valence-electron chi connectivity index (χ4n) is 1.88. The van der Waals surface area contributed by atoms with Gasteiger partial charge in [0.05, 0.1) is 0 Å². The number of hydrogen-bond acceptors (Lipinski definition) is 3. The van der Waals surface area contributed by atoms with Crippen LogP contribution in [0.5, 0.6) is 0 Å². The Hall–Kier alpha value is -2.05. The summed E-state index contributed by atoms with van der Waals surface area (Å²) in [6.45, 7) is 3.82. The van der Waals surface area contributed by atoms with E-state index in [2.05, 4.69) is 27.8 Å². The van der Waals surface area contributed by atoms with E-state index >= 15 is 0 Å². The molecule has 0 atom stereocenters. The molecule has 1 aromatic rings. The molecule has 0 aromatic heterocycles. The van der Waals surface area contributed by atoms with E-state index < -0.39 is 11.8 Å². The first kappa shape index (κ1) is 16.3. The fourth-order valence-corrected chi connectivity index (χ4v) is 2.62. The Morgan fingerprint density at radius 1 is 1.32 bits per heavy atom. The summed E-state index contributed by atoms with van der Waals surface area (Å²) in [5.41, 5.74) is 0.975. The highest BCUT2D eigenvalue weighted by molar-refractivity contribution is 9.12. The molecule has 1 aromatic carbocycles. The van der Waals surface area contributed by atoms with Gasteiger partial charge in [0.15, 0.2) is 5.11 Å². The van der Waals surface area contributed by atoms with Gasteiger partial charge in [0.2, 0.25) is 0 Å². The lowest BCUT2D eigenvalue weighted by Crippen LogP contribution is -2.53. The van der Waals surface area contributed by atoms with Gasteiger partial charge in [-0.25, -0.2) is 0 Å². The minimum absolute atomic E-state index is 0.0227. The van der Waals surface area contributed by atoms with Gasteiger partial charge in [0.25, 0.3) is 11.8 Å². The summed E-state index contributed by atoms with van der Waals surface area (Å²) in [5.74, 6) is -0.944. The monoisotopic (exact) mass is 376 g/mol. The Labute approximate surface area is 142 Å². The Bertz CT molecular complexity index is 695. The topological polar surface area (TPSA) is 49.4 Å². The summed E-state index contributed by atoms with van der Waals surface area (Å²) in [5, 5.41) is 2.59. The van der Waals surface area contributed by atoms with Crippen molar-refractivity contribution in [1.82, 2.24) is 10.2 Å². The Kier molecular flexibility index (Phi) is 5.41. The zero-order valence-corrected chi connectivity index (χ0v) is 14.0. The molecule has 4 nitrogen and oxygen atoms in total. The molecule has 0 aliphatic carbocycles. The Morgan fingerprint density at radius 3 is 2.64 bits per heavy atom. The quantitative estimate of drug-likeness (QED) is 0.380. The Balaban J connectivity index is 2.30. The number of halogens is 1. The largest absolute Gasteiger partial charge is 0.298 e. The summed E-state index contributed by atoms with van der Waals surface area (Å²) >= 11 is 8.35. The number of carbonyl (C=O) groups is 2. The molecule has 22 heavy (non-hydrogen) atoms. The van der Waals surface area contributed by atoms with Crippen molar-refractivity contribution in [3.05, 3.63) is 64.7 Å². The molecule has 2 rings (SSSR count). The lowest BCUT2D eigenvalue weighted by molar-refractivity contribution is -0.128. The van der Waals surface area contributed by atoms with Gasteiger partial charge in [-0.15, -0.1) is 6.58 Å². The van der Waals surface area contributed by atoms with E-state index in [-0.39, 0.29) is 17.2 Å². The van der Waals surface area contributed by atoms with Crippen molar-refractivity contribution in [3.8, 4) is 0 Å². The zero-order chi connectivity index (χ0) is 16.1. The van der Waals surface area contributed by atoms with Crippen molar-refractivity contribution in [2.75, 3.05) is 6.54 Å². The molecule has 6 heteroatoms. The smallest absolute Gasteiger partial charge is 0.265 e. The van der Waals surface area contributed by atoms with E-state index in [0.717, 1.165) is 5.56 Å². The first-order valence-electron chi connectivity index (χ1n) is 6.45. The van der Waals surface area contributed by atoms with E-state index in [9.17, 15) is 9.59 Å². The van der Waals surface area contributed by atoms with E-state index in [1.165, 1.54) is 11.0 Å². The van der Waals surface area contributed by atoms with Crippen LogP contribution >= 0.6 is 28.1 Å². The minimum atomic E-state index is -0.506. The molecule has 112 valence electrons. The lowest BCUT2D eigenvalue weighted by Gasteiger charge is -2.27. The van der Waals surface area contributed by atoms with E-state index in [0.29, 0.717) is 4.48 Å². The number of hydrogen-bond donors (Lipinski definition) is 1. The third-order valence-corrected chi connectivity index (χ3v) is 3.66. The normalized spacial score (nSPS) is 17.7. The van der Waals surface area contributed by atoms with Gasteiger partial charge in [-0.3, -0.25) is 19.8 Å². The molecule has 1 N–H and O–H groups in total. The number of allylic oxidation sites excluding steroid dienone is 2. The molecule has 0 spiro atoms. The summed E-state index contributed by atoms with van der Waals surface area (Å²) in [4.78, 5) is 25.6. The number of benzene rings is 1. The molecular formula is C16H13BrN2O2S. The van der Waals surface area contributed by atoms with E-state index in [1.54, 1.807) is 6.08 Å². The number of rotatable bonds is 4. The van der Waals surface area contributed by atoms with Gasteiger partial charge < -0.3 is 0 Å². The van der Waals surface area contributed by atoms with Crippen LogP contribution in [0.3, 0.4) is 0 Å². The number of nitrogens with zero attached hydrogens (tertiary/aromatic N) is 1. The molecule has 0 bridgehead atoms. The number of nitrogens with one attached hydrogen (secondary N) is 1. The molecule has 1 fully saturated rings. The van der Waals surface area contributed by atoms with Gasteiger partial charge in [0.1, 0.15) is 5.57 Å². The fraction of sp³-hybridized carbons (Fsp3) is 0.0625. The SMILES string of the molecule is C=CCN1C(=O)/C(=C/C(Br)=C/c2ccccc2)C(=O)NC1=S. The van der Waals surface area contributed by atoms with Gasteiger partial charge in [-0.1, -0.05) is 52.3 Å². The molecular weight excluding hydrogens is 364 g/mol. The van der Waals surface area contributed by atoms with Crippen molar-refractivity contribution in [2.24, 2.45) is 0 Å². The predicted octanol–water partition coefficient (Wildman–Crippen LogP) is 2.78. The van der Waals surface area contributed by atoms with Crippen LogP contribution < -0.4 is 5.32 Å². The second-order valence-electron chi connectivity index (χ2n) is 4.46. The summed E-state index contributed by atoms with van der Waals surface area (Å²) in [6.07, 6.45) is 4.86. The summed E-state index contributed by atoms with van der Waals surface area (Å²) in [6, 6.07) is 9.56. The van der Waals surface area contributed by atoms with Crippen LogP contribution in [0.15, 0.2) is 59.1 Å². The number of carbonyl (C=O) groups excluding carboxylic acids is 2. The first-order valence-corrected chi connectivity index (χ1v) is 7.65. The van der Waals surface area contributed by atoms with Crippen LogP contribution in [0.2, 0.25) is 0 Å². The van der Waals surface area contributed by atoms with Gasteiger partial charge in [0, 0.05) is 11.0 Å². The average molecular weight is 377 g/mol. The third kappa shape index (κ3) is 3.78. The molecule has 1 aliphatic heterocycles. The zero-order valence-electron chi connectivity index (χ0n) is 11.6. The molecule has 0 radical (unpaired) electrons. The molecule has 0 saturated carbocycles.